The predicted molar refractivity (Wildman–Crippen MR) is 96.1 cm³/mol. The van der Waals surface area contributed by atoms with Crippen molar-refractivity contribution >= 4 is 23.4 Å². The number of para-hydroxylation sites is 1. The molecule has 3 rings (SSSR count). The van der Waals surface area contributed by atoms with Crippen molar-refractivity contribution in [3.63, 3.8) is 0 Å². The number of aromatic nitrogens is 3. The molecule has 0 bridgehead atoms. The second-order valence-electron chi connectivity index (χ2n) is 5.15. The van der Waals surface area contributed by atoms with E-state index in [4.69, 9.17) is 4.74 Å². The van der Waals surface area contributed by atoms with Gasteiger partial charge in [0.1, 0.15) is 11.5 Å². The molecule has 0 radical (unpaired) electrons. The van der Waals surface area contributed by atoms with Crippen LogP contribution in [0.15, 0.2) is 64.5 Å². The lowest BCUT2D eigenvalue weighted by Crippen LogP contribution is -2.16. The van der Waals surface area contributed by atoms with E-state index in [0.29, 0.717) is 16.6 Å². The van der Waals surface area contributed by atoms with E-state index in [1.807, 2.05) is 36.4 Å². The monoisotopic (exact) mass is 356 g/mol. The minimum atomic E-state index is -0.311. The van der Waals surface area contributed by atoms with Crippen LogP contribution in [0.25, 0.3) is 0 Å². The lowest BCUT2D eigenvalue weighted by atomic mass is 10.3. The molecule has 128 valence electrons. The van der Waals surface area contributed by atoms with Crippen LogP contribution in [0.2, 0.25) is 0 Å². The number of thioether (sulfide) groups is 1. The summed E-state index contributed by atoms with van der Waals surface area (Å²) in [5, 5.41) is 9.43. The number of H-pyrrole nitrogens is 1. The molecule has 0 unspecified atom stereocenters. The van der Waals surface area contributed by atoms with E-state index in [1.165, 1.54) is 16.3 Å². The van der Waals surface area contributed by atoms with Crippen LogP contribution < -0.4 is 15.7 Å². The van der Waals surface area contributed by atoms with Gasteiger partial charge in [-0.2, -0.15) is 0 Å². The molecule has 25 heavy (non-hydrogen) atoms. The molecule has 8 heteroatoms. The van der Waals surface area contributed by atoms with E-state index in [1.54, 1.807) is 25.2 Å². The molecular formula is C17H16N4O3S. The number of carbonyl (C=O) groups is 1. The third kappa shape index (κ3) is 4.51. The molecular weight excluding hydrogens is 340 g/mol. The Morgan fingerprint density at radius 3 is 2.68 bits per heavy atom. The Labute approximate surface area is 148 Å². The van der Waals surface area contributed by atoms with Gasteiger partial charge in [-0.25, -0.2) is 9.89 Å². The maximum absolute atomic E-state index is 12.1. The normalized spacial score (nSPS) is 10.4. The van der Waals surface area contributed by atoms with Crippen molar-refractivity contribution < 1.29 is 9.53 Å². The fourth-order valence-electron chi connectivity index (χ4n) is 2.05. The summed E-state index contributed by atoms with van der Waals surface area (Å²) in [5.74, 6) is 1.30. The number of benzene rings is 2. The average molecular weight is 356 g/mol. The van der Waals surface area contributed by atoms with Crippen LogP contribution in [0.1, 0.15) is 0 Å². The highest BCUT2D eigenvalue weighted by Crippen LogP contribution is 2.24. The number of hydrogen-bond donors (Lipinski definition) is 2. The minimum Gasteiger partial charge on any atom is -0.457 e. The topological polar surface area (TPSA) is 89.0 Å². The molecule has 0 saturated carbocycles. The Morgan fingerprint density at radius 2 is 1.96 bits per heavy atom. The highest BCUT2D eigenvalue weighted by molar-refractivity contribution is 7.99. The largest absolute Gasteiger partial charge is 0.457 e. The lowest BCUT2D eigenvalue weighted by Gasteiger charge is -2.08. The Bertz CT molecular complexity index is 921. The summed E-state index contributed by atoms with van der Waals surface area (Å²) in [7, 11) is 1.59. The van der Waals surface area contributed by atoms with Crippen LogP contribution in [0.4, 0.5) is 5.69 Å². The number of carbonyl (C=O) groups excluding carboxylic acids is 1. The Morgan fingerprint density at radius 1 is 1.20 bits per heavy atom. The van der Waals surface area contributed by atoms with Crippen LogP contribution in [0.5, 0.6) is 11.5 Å². The third-order valence-electron chi connectivity index (χ3n) is 3.27. The van der Waals surface area contributed by atoms with Crippen molar-refractivity contribution in [2.75, 3.05) is 11.1 Å². The zero-order chi connectivity index (χ0) is 17.6. The highest BCUT2D eigenvalue weighted by atomic mass is 32.2. The number of ether oxygens (including phenoxy) is 1. The fourth-order valence-corrected chi connectivity index (χ4v) is 2.77. The van der Waals surface area contributed by atoms with Crippen LogP contribution >= 0.6 is 11.8 Å². The van der Waals surface area contributed by atoms with Gasteiger partial charge in [0.05, 0.1) is 5.75 Å². The third-order valence-corrected chi connectivity index (χ3v) is 4.30. The van der Waals surface area contributed by atoms with Crippen LogP contribution in [0, 0.1) is 0 Å². The van der Waals surface area contributed by atoms with Gasteiger partial charge in [0.25, 0.3) is 0 Å². The molecule has 0 atom stereocenters. The maximum Gasteiger partial charge on any atom is 0.343 e. The number of aromatic amines is 1. The number of anilines is 1. The van der Waals surface area contributed by atoms with Gasteiger partial charge in [-0.1, -0.05) is 36.0 Å². The van der Waals surface area contributed by atoms with Crippen molar-refractivity contribution in [2.24, 2.45) is 7.05 Å². The smallest absolute Gasteiger partial charge is 0.343 e. The molecule has 2 N–H and O–H groups in total. The van der Waals surface area contributed by atoms with Gasteiger partial charge in [-0.3, -0.25) is 9.36 Å². The van der Waals surface area contributed by atoms with E-state index < -0.39 is 0 Å². The number of hydrogen-bond acceptors (Lipinski definition) is 5. The van der Waals surface area contributed by atoms with Crippen LogP contribution in [-0.2, 0) is 11.8 Å². The van der Waals surface area contributed by atoms with Crippen molar-refractivity contribution in [1.29, 1.82) is 0 Å². The van der Waals surface area contributed by atoms with E-state index in [-0.39, 0.29) is 17.3 Å². The first-order valence-corrected chi connectivity index (χ1v) is 8.47. The van der Waals surface area contributed by atoms with E-state index in [9.17, 15) is 9.59 Å². The Kier molecular flexibility index (Phi) is 5.20. The second-order valence-corrected chi connectivity index (χ2v) is 6.09. The number of nitrogens with zero attached hydrogens (tertiary/aromatic N) is 2. The molecule has 1 heterocycles. The zero-order valence-electron chi connectivity index (χ0n) is 13.4. The molecule has 0 fully saturated rings. The summed E-state index contributed by atoms with van der Waals surface area (Å²) in [6, 6.07) is 16.6. The molecule has 0 spiro atoms. The van der Waals surface area contributed by atoms with Crippen LogP contribution in [-0.4, -0.2) is 26.4 Å². The molecule has 0 aliphatic heterocycles. The summed E-state index contributed by atoms with van der Waals surface area (Å²) in [5.41, 5.74) is 0.323. The predicted octanol–water partition coefficient (Wildman–Crippen LogP) is 2.63. The van der Waals surface area contributed by atoms with Crippen LogP contribution in [0.3, 0.4) is 0 Å². The van der Waals surface area contributed by atoms with Crippen molar-refractivity contribution in [3.8, 4) is 11.5 Å². The quantitative estimate of drug-likeness (QED) is 0.663. The summed E-state index contributed by atoms with van der Waals surface area (Å²) in [6.45, 7) is 0. The molecule has 1 aromatic heterocycles. The van der Waals surface area contributed by atoms with Gasteiger partial charge in [0.15, 0.2) is 5.16 Å². The van der Waals surface area contributed by atoms with Gasteiger partial charge in [-0.05, 0) is 24.3 Å². The summed E-state index contributed by atoms with van der Waals surface area (Å²) in [4.78, 5) is 23.4. The van der Waals surface area contributed by atoms with E-state index >= 15 is 0 Å². The first kappa shape index (κ1) is 16.8. The Balaban J connectivity index is 1.59. The van der Waals surface area contributed by atoms with Gasteiger partial charge in [0, 0.05) is 18.8 Å². The van der Waals surface area contributed by atoms with Crippen molar-refractivity contribution in [2.45, 2.75) is 5.16 Å². The number of nitrogens with one attached hydrogen (secondary N) is 2. The molecule has 0 aliphatic rings. The molecule has 2 aromatic carbocycles. The standard InChI is InChI=1S/C17H16N4O3S/c1-21-16(23)19-20-17(21)25-11-15(22)18-12-6-5-9-14(10-12)24-13-7-3-2-4-8-13/h2-10H,11H2,1H3,(H,18,22)(H,19,23). The van der Waals surface area contributed by atoms with E-state index in [2.05, 4.69) is 15.5 Å². The van der Waals surface area contributed by atoms with Gasteiger partial charge >= 0.3 is 5.69 Å². The first-order valence-electron chi connectivity index (χ1n) is 7.49. The highest BCUT2D eigenvalue weighted by Gasteiger charge is 2.09. The summed E-state index contributed by atoms with van der Waals surface area (Å²) >= 11 is 1.18. The summed E-state index contributed by atoms with van der Waals surface area (Å²) < 4.78 is 7.09. The summed E-state index contributed by atoms with van der Waals surface area (Å²) in [6.07, 6.45) is 0. The van der Waals surface area contributed by atoms with Gasteiger partial charge in [-0.15, -0.1) is 5.10 Å². The zero-order valence-corrected chi connectivity index (χ0v) is 14.2. The molecule has 0 aliphatic carbocycles. The second kappa shape index (κ2) is 7.71. The average Bonchev–Trinajstić information content (AvgIpc) is 2.93. The first-order chi connectivity index (χ1) is 12.1. The molecule has 1 amide bonds. The van der Waals surface area contributed by atoms with Gasteiger partial charge < -0.3 is 10.1 Å². The maximum atomic E-state index is 12.1. The lowest BCUT2D eigenvalue weighted by molar-refractivity contribution is -0.113. The van der Waals surface area contributed by atoms with E-state index in [0.717, 1.165) is 5.75 Å². The number of amides is 1. The molecule has 0 saturated heterocycles. The SMILES string of the molecule is Cn1c(SCC(=O)Nc2cccc(Oc3ccccc3)c2)n[nH]c1=O. The molecule has 3 aromatic rings. The Hall–Kier alpha value is -3.00. The van der Waals surface area contributed by atoms with Crippen molar-refractivity contribution in [3.05, 3.63) is 65.1 Å². The molecule has 7 nitrogen and oxygen atoms in total. The van der Waals surface area contributed by atoms with Crippen molar-refractivity contribution in [1.82, 2.24) is 14.8 Å². The fraction of sp³-hybridized carbons (Fsp3) is 0.118. The minimum absolute atomic E-state index is 0.141. The van der Waals surface area contributed by atoms with Gasteiger partial charge in [0.2, 0.25) is 5.91 Å². The number of rotatable bonds is 6.